The first kappa shape index (κ1) is 110. The van der Waals surface area contributed by atoms with Crippen LogP contribution in [-0.2, 0) is 51.3 Å². The molecule has 40 heteroatoms. The topological polar surface area (TPSA) is 484 Å². The molecule has 0 radical (unpaired) electrons. The summed E-state index contributed by atoms with van der Waals surface area (Å²) < 4.78 is 129. The number of H-pyrrole nitrogens is 1. The predicted octanol–water partition coefficient (Wildman–Crippen LogP) is 15.8. The van der Waals surface area contributed by atoms with E-state index in [0.29, 0.717) is 103 Å². The molecule has 5 amide bonds. The molecule has 4 atom stereocenters. The lowest BCUT2D eigenvalue weighted by Gasteiger charge is -2.34. The maximum absolute atomic E-state index is 13.5. The summed E-state index contributed by atoms with van der Waals surface area (Å²) in [7, 11) is -17.2. The number of rotatable bonds is 27. The number of hydrogen-bond donors (Lipinski definition) is 8. The van der Waals surface area contributed by atoms with Gasteiger partial charge in [0.1, 0.15) is 45.6 Å². The molecule has 4 saturated heterocycles. The van der Waals surface area contributed by atoms with Crippen LogP contribution >= 0.6 is 0 Å². The van der Waals surface area contributed by atoms with Crippen LogP contribution in [0.2, 0.25) is 0 Å². The average Bonchev–Trinajstić information content (AvgIpc) is 1.68. The highest BCUT2D eigenvalue weighted by molar-refractivity contribution is 7.91. The van der Waals surface area contributed by atoms with E-state index in [-0.39, 0.29) is 84.1 Å². The molecule has 0 aliphatic carbocycles. The third-order valence-corrected chi connectivity index (χ3v) is 30.8. The Kier molecular flexibility index (Phi) is 34.1. The molecule has 11 aromatic rings. The monoisotopic (exact) mass is 2080 g/mol. The lowest BCUT2D eigenvalue weighted by Crippen LogP contribution is -2.41. The molecular weight excluding hydrogens is 1950 g/mol. The Morgan fingerprint density at radius 1 is 0.476 bits per heavy atom. The van der Waals surface area contributed by atoms with Crippen molar-refractivity contribution in [1.29, 1.82) is 0 Å². The van der Waals surface area contributed by atoms with E-state index in [1.54, 1.807) is 80.7 Å². The minimum Gasteiger partial charge on any atom is -0.490 e. The molecule has 9 N–H and O–H groups in total. The zero-order valence-electron chi connectivity index (χ0n) is 86.3. The summed E-state index contributed by atoms with van der Waals surface area (Å²) in [5.74, 6) is 0.759. The molecule has 780 valence electrons. The standard InChI is InChI=1S/C27H36N6O5S.C27H33N5O4S.C27H32N4O4S.C26H30N4O4S/c1-17(2)38-26(35)31-22-9-6-10-23(30-22)39(36,37)32-25(34)20-11-12-21(19-8-7-13-28-15-19)29-24(20)33-16-18(3)14-27(33,4)5;1-17(2)36-22-10-7-6-9-19(22)21-13-12-20(25(30-21)32-16-18(3)15-27(32,4)5)26(33)31-37(34,35)23-11-8-14-29-24(23)28;1-19-17-27(3,4)31(18-19)25-22(11-8-15-28-25)26(32)30-36(33,34)24-13-7-12-23(29-24)35-16-14-21-10-6-5-9-20(21)2;1-16-11-17(2)13-19(12-16)21-9-8-20(23(28-21)30-15-18(3)14-26(30,4)5)24(31)29-35(33,34)22-7-6-10-27-25(22)32/h6,8-12,17-18,28H,7,13-16H2,1-5H3,(H,32,34)(H,30,31,35);6-14,17-18H,15-16H2,1-5H3,(H2,28,29)(H,31,33);5-13,15,19H,14,16-18H2,1-4H3,(H,30,32);6-13,18H,14-15H2,1-5H3,(H,27,32)(H,29,31)/t2*18-;;18-/m00.0/s1. The molecular formula is C107H131N19O17S4. The van der Waals surface area contributed by atoms with Crippen molar-refractivity contribution in [3.8, 4) is 34.1 Å². The van der Waals surface area contributed by atoms with Gasteiger partial charge < -0.3 is 49.8 Å². The number of anilines is 6. The quantitative estimate of drug-likeness (QED) is 0.0237. The third-order valence-electron chi connectivity index (χ3n) is 25.6. The van der Waals surface area contributed by atoms with Crippen LogP contribution in [0, 0.1) is 44.4 Å². The Bertz CT molecular complexity index is 7320. The number of benzene rings is 3. The van der Waals surface area contributed by atoms with Crippen molar-refractivity contribution < 1.29 is 71.9 Å². The van der Waals surface area contributed by atoms with Crippen molar-refractivity contribution in [2.24, 2.45) is 23.7 Å². The summed E-state index contributed by atoms with van der Waals surface area (Å²) in [6, 6.07) is 48.8. The third kappa shape index (κ3) is 27.2. The summed E-state index contributed by atoms with van der Waals surface area (Å²) in [4.78, 5) is 118. The van der Waals surface area contributed by atoms with E-state index in [4.69, 9.17) is 34.9 Å². The van der Waals surface area contributed by atoms with Crippen LogP contribution in [-0.4, -0.2) is 184 Å². The van der Waals surface area contributed by atoms with E-state index in [0.717, 1.165) is 95.9 Å². The second kappa shape index (κ2) is 45.5. The van der Waals surface area contributed by atoms with Crippen LogP contribution in [0.5, 0.6) is 11.6 Å². The molecule has 5 aliphatic rings. The minimum atomic E-state index is -4.38. The van der Waals surface area contributed by atoms with E-state index >= 15 is 0 Å². The number of amides is 5. The number of carbonyl (C=O) groups is 5. The van der Waals surface area contributed by atoms with Crippen molar-refractivity contribution in [1.82, 2.24) is 64.1 Å². The van der Waals surface area contributed by atoms with Gasteiger partial charge in [0.2, 0.25) is 5.88 Å². The number of nitrogen functional groups attached to an aromatic ring is 1. The molecule has 0 spiro atoms. The summed E-state index contributed by atoms with van der Waals surface area (Å²) >= 11 is 0. The van der Waals surface area contributed by atoms with E-state index < -0.39 is 85.3 Å². The molecule has 36 nitrogen and oxygen atoms in total. The summed E-state index contributed by atoms with van der Waals surface area (Å²) in [6.45, 7) is 43.4. The number of carbonyl (C=O) groups excluding carboxylic acids is 5. The van der Waals surface area contributed by atoms with Crippen LogP contribution in [0.15, 0.2) is 225 Å². The predicted molar refractivity (Wildman–Crippen MR) is 568 cm³/mol. The van der Waals surface area contributed by atoms with Gasteiger partial charge in [-0.25, -0.2) is 70.4 Å². The number of nitrogens with zero attached hydrogens (tertiary/aromatic N) is 11. The Balaban J connectivity index is 0.000000164. The van der Waals surface area contributed by atoms with Gasteiger partial charge in [0, 0.05) is 97.1 Å². The van der Waals surface area contributed by atoms with Gasteiger partial charge in [-0.3, -0.25) is 29.3 Å². The van der Waals surface area contributed by atoms with Gasteiger partial charge in [0.15, 0.2) is 14.9 Å². The normalized spacial score (nSPS) is 17.7. The van der Waals surface area contributed by atoms with Crippen LogP contribution in [0.3, 0.4) is 0 Å². The molecule has 4 fully saturated rings. The largest absolute Gasteiger partial charge is 0.490 e. The van der Waals surface area contributed by atoms with Crippen molar-refractivity contribution in [2.75, 3.05) is 76.5 Å². The van der Waals surface area contributed by atoms with E-state index in [1.807, 2.05) is 95.3 Å². The second-order valence-electron chi connectivity index (χ2n) is 41.0. The molecule has 3 aromatic carbocycles. The number of aromatic amines is 1. The van der Waals surface area contributed by atoms with Crippen molar-refractivity contribution in [2.45, 2.75) is 224 Å². The lowest BCUT2D eigenvalue weighted by atomic mass is 9.97. The number of nitrogens with one attached hydrogen (secondary N) is 7. The summed E-state index contributed by atoms with van der Waals surface area (Å²) in [6.07, 6.45) is 10.5. The van der Waals surface area contributed by atoms with Gasteiger partial charge in [-0.15, -0.1) is 0 Å². The smallest absolute Gasteiger partial charge is 0.413 e. The van der Waals surface area contributed by atoms with Crippen LogP contribution in [0.4, 0.5) is 39.7 Å². The fraction of sp³-hybridized carbons (Fsp3) is 0.393. The van der Waals surface area contributed by atoms with Crippen molar-refractivity contribution in [3.05, 3.63) is 261 Å². The molecule has 0 saturated carbocycles. The number of hydrogen-bond acceptors (Lipinski definition) is 30. The highest BCUT2D eigenvalue weighted by atomic mass is 32.2. The molecule has 1 unspecified atom stereocenters. The maximum Gasteiger partial charge on any atom is 0.413 e. The highest BCUT2D eigenvalue weighted by Crippen LogP contribution is 2.44. The zero-order chi connectivity index (χ0) is 107. The fourth-order valence-corrected chi connectivity index (χ4v) is 23.5. The number of sulfonamides is 4. The second-order valence-corrected chi connectivity index (χ2v) is 47.6. The number of para-hydroxylation sites is 1. The molecule has 0 bridgehead atoms. The number of aryl methyl sites for hydroxylation is 3. The average molecular weight is 2080 g/mol. The minimum absolute atomic E-state index is 0.0233. The Morgan fingerprint density at radius 3 is 1.45 bits per heavy atom. The highest BCUT2D eigenvalue weighted by Gasteiger charge is 2.45. The number of ether oxygens (including phenoxy) is 3. The van der Waals surface area contributed by atoms with E-state index in [1.165, 1.54) is 54.9 Å². The maximum atomic E-state index is 13.5. The zero-order valence-corrected chi connectivity index (χ0v) is 89.5. The first-order valence-corrected chi connectivity index (χ1v) is 54.7. The molecule has 8 aromatic heterocycles. The van der Waals surface area contributed by atoms with Gasteiger partial charge in [-0.2, -0.15) is 21.8 Å². The number of nitrogens with two attached hydrogens (primary N) is 1. The fourth-order valence-electron chi connectivity index (χ4n) is 19.5. The van der Waals surface area contributed by atoms with Crippen molar-refractivity contribution in [3.63, 3.8) is 0 Å². The van der Waals surface area contributed by atoms with E-state index in [2.05, 4.69) is 169 Å². The first-order chi connectivity index (χ1) is 69.2. The molecule has 147 heavy (non-hydrogen) atoms. The Hall–Kier alpha value is -14.1. The first-order valence-electron chi connectivity index (χ1n) is 48.8. The van der Waals surface area contributed by atoms with Gasteiger partial charge in [-0.1, -0.05) is 99.5 Å². The number of aromatic nitrogens is 8. The molecule has 13 heterocycles. The van der Waals surface area contributed by atoms with Gasteiger partial charge >= 0.3 is 6.09 Å². The van der Waals surface area contributed by atoms with Gasteiger partial charge in [0.05, 0.1) is 58.2 Å². The summed E-state index contributed by atoms with van der Waals surface area (Å²) in [5, 5.41) is 5.02. The van der Waals surface area contributed by atoms with Crippen LogP contribution in [0.1, 0.15) is 212 Å². The number of pyridine rings is 8. The Labute approximate surface area is 860 Å². The van der Waals surface area contributed by atoms with E-state index in [9.17, 15) is 62.4 Å². The SMILES string of the molecule is CC(C)OC(=O)Nc1cccc(S(=O)(=O)NC(=O)c2ccc(C3=CCCNC3)nc2N2C[C@@H](C)CC2(C)C)n1.CC(C)Oc1ccccc1-c1ccc(C(=O)NS(=O)(=O)c2cccnc2N)c(N2C[C@@H](C)CC2(C)C)n1.Cc1cc(C)cc(-c2ccc(C(=O)NS(=O)(=O)c3ccc[nH]c3=O)c(N3C[C@@H](C)CC3(C)C)n2)c1.Cc1ccccc1CCOc1cccc(S(=O)(=O)NC(=O)c2cccnc2N2CC(C)CC2(C)C)n1. The van der Waals surface area contributed by atoms with Crippen LogP contribution < -0.4 is 69.9 Å². The van der Waals surface area contributed by atoms with Crippen molar-refractivity contribution >= 4 is 110 Å². The van der Waals surface area contributed by atoms with Crippen LogP contribution in [0.25, 0.3) is 28.1 Å². The molecule has 5 aliphatic heterocycles. The lowest BCUT2D eigenvalue weighted by molar-refractivity contribution is 0.0972. The van der Waals surface area contributed by atoms with Gasteiger partial charge in [-0.05, 0) is 298 Å². The van der Waals surface area contributed by atoms with Gasteiger partial charge in [0.25, 0.3) is 69.3 Å². The molecule has 16 rings (SSSR count). The Morgan fingerprint density at radius 2 is 0.939 bits per heavy atom. The summed E-state index contributed by atoms with van der Waals surface area (Å²) in [5.41, 5.74) is 13.9.